The number of nitrogens with one attached hydrogen (secondary N) is 1. The van der Waals surface area contributed by atoms with Gasteiger partial charge in [0.15, 0.2) is 0 Å². The number of ether oxygens (including phenoxy) is 2. The van der Waals surface area contributed by atoms with Crippen LogP contribution < -0.4 is 9.46 Å². The lowest BCUT2D eigenvalue weighted by molar-refractivity contribution is -0.143. The second-order valence-electron chi connectivity index (χ2n) is 9.84. The van der Waals surface area contributed by atoms with E-state index >= 15 is 0 Å². The third-order valence-electron chi connectivity index (χ3n) is 6.69. The molecule has 1 aliphatic carbocycles. The number of carboxylic acid groups (broad SMARTS) is 1. The molecular weight excluding hydrogens is 510 g/mol. The van der Waals surface area contributed by atoms with Crippen molar-refractivity contribution in [3.63, 3.8) is 0 Å². The van der Waals surface area contributed by atoms with E-state index in [4.69, 9.17) is 14.5 Å². The van der Waals surface area contributed by atoms with Gasteiger partial charge in [-0.25, -0.2) is 18.2 Å². The number of rotatable bonds is 10. The number of carboxylic acids is 1. The fourth-order valence-corrected chi connectivity index (χ4v) is 5.26. The Hall–Kier alpha value is -3.34. The van der Waals surface area contributed by atoms with E-state index in [-0.39, 0.29) is 12.7 Å². The number of carbonyl (C=O) groups is 2. The molecule has 10 nitrogen and oxygen atoms in total. The first-order valence-electron chi connectivity index (χ1n) is 12.7. The topological polar surface area (TPSA) is 135 Å². The van der Waals surface area contributed by atoms with Gasteiger partial charge in [-0.05, 0) is 69.7 Å². The molecule has 2 N–H and O–H groups in total. The minimum Gasteiger partial charge on any atom is -0.489 e. The van der Waals surface area contributed by atoms with Crippen LogP contribution in [-0.2, 0) is 26.2 Å². The molecule has 208 valence electrons. The van der Waals surface area contributed by atoms with Crippen molar-refractivity contribution < 1.29 is 32.6 Å². The van der Waals surface area contributed by atoms with Gasteiger partial charge in [0.1, 0.15) is 12.4 Å². The van der Waals surface area contributed by atoms with Gasteiger partial charge >= 0.3 is 12.1 Å². The smallest absolute Gasteiger partial charge is 0.409 e. The standard InChI is InChI=1S/C27H37N3O7S/c1-6-14-30(4)27(33)36-16-22-17(2)23(29-38(5,34)35)11-10-21(22)24-12-13-25(18(3)28-24)37-20-9-7-8-19(15-20)26(31)32/h10-13,19-20,29H,6-9,14-16H2,1-5H3,(H,31,32)/t19-,20-/m0/s1. The number of benzene rings is 1. The fraction of sp³-hybridized carbons (Fsp3) is 0.519. The monoisotopic (exact) mass is 547 g/mol. The zero-order chi connectivity index (χ0) is 28.0. The zero-order valence-corrected chi connectivity index (χ0v) is 23.4. The molecule has 2 atom stereocenters. The normalized spacial score (nSPS) is 17.5. The Kier molecular flexibility index (Phi) is 9.59. The van der Waals surface area contributed by atoms with Crippen LogP contribution in [0.3, 0.4) is 0 Å². The molecule has 0 radical (unpaired) electrons. The number of hydrogen-bond acceptors (Lipinski definition) is 7. The summed E-state index contributed by atoms with van der Waals surface area (Å²) in [5, 5.41) is 9.36. The van der Waals surface area contributed by atoms with Crippen molar-refractivity contribution in [1.29, 1.82) is 0 Å². The van der Waals surface area contributed by atoms with Gasteiger partial charge < -0.3 is 19.5 Å². The van der Waals surface area contributed by atoms with Crippen LogP contribution in [0.4, 0.5) is 10.5 Å². The first kappa shape index (κ1) is 29.2. The SMILES string of the molecule is CCCN(C)C(=O)OCc1c(-c2ccc(O[C@H]3CCC[C@H](C(=O)O)C3)c(C)n2)ccc(NS(C)(=O)=O)c1C. The number of sulfonamides is 1. The van der Waals surface area contributed by atoms with Crippen LogP contribution in [-0.4, -0.2) is 61.4 Å². The predicted molar refractivity (Wildman–Crippen MR) is 145 cm³/mol. The molecule has 0 saturated heterocycles. The van der Waals surface area contributed by atoms with Crippen molar-refractivity contribution in [2.24, 2.45) is 5.92 Å². The largest absolute Gasteiger partial charge is 0.489 e. The number of aliphatic carboxylic acids is 1. The highest BCUT2D eigenvalue weighted by Gasteiger charge is 2.28. The molecule has 0 unspecified atom stereocenters. The van der Waals surface area contributed by atoms with Crippen molar-refractivity contribution in [1.82, 2.24) is 9.88 Å². The van der Waals surface area contributed by atoms with Crippen molar-refractivity contribution in [2.45, 2.75) is 65.6 Å². The minimum atomic E-state index is -3.52. The van der Waals surface area contributed by atoms with E-state index in [0.29, 0.717) is 58.9 Å². The Balaban J connectivity index is 1.90. The number of pyridine rings is 1. The molecule has 1 aliphatic rings. The molecule has 11 heteroatoms. The molecule has 1 amide bonds. The molecule has 3 rings (SSSR count). The lowest BCUT2D eigenvalue weighted by Gasteiger charge is -2.27. The maximum absolute atomic E-state index is 12.5. The van der Waals surface area contributed by atoms with E-state index in [1.54, 1.807) is 32.2 Å². The number of aryl methyl sites for hydroxylation is 1. The Morgan fingerprint density at radius 2 is 1.92 bits per heavy atom. The molecule has 1 fully saturated rings. The molecule has 1 aromatic heterocycles. The van der Waals surface area contributed by atoms with Gasteiger partial charge in [-0.15, -0.1) is 0 Å². The van der Waals surface area contributed by atoms with Crippen LogP contribution in [0.1, 0.15) is 55.8 Å². The predicted octanol–water partition coefficient (Wildman–Crippen LogP) is 4.74. The van der Waals surface area contributed by atoms with Gasteiger partial charge in [-0.2, -0.15) is 0 Å². The second-order valence-corrected chi connectivity index (χ2v) is 11.6. The van der Waals surface area contributed by atoms with Gasteiger partial charge in [0.05, 0.1) is 35.4 Å². The van der Waals surface area contributed by atoms with Crippen LogP contribution >= 0.6 is 0 Å². The number of carbonyl (C=O) groups excluding carboxylic acids is 1. The van der Waals surface area contributed by atoms with E-state index in [1.165, 1.54) is 4.90 Å². The van der Waals surface area contributed by atoms with Crippen molar-refractivity contribution in [3.05, 3.63) is 41.1 Å². The Morgan fingerprint density at radius 3 is 2.55 bits per heavy atom. The summed E-state index contributed by atoms with van der Waals surface area (Å²) in [5.74, 6) is -0.599. The summed E-state index contributed by atoms with van der Waals surface area (Å²) in [6, 6.07) is 7.02. The van der Waals surface area contributed by atoms with Gasteiger partial charge in [-0.1, -0.05) is 13.0 Å². The van der Waals surface area contributed by atoms with Crippen LogP contribution in [0.25, 0.3) is 11.3 Å². The summed E-state index contributed by atoms with van der Waals surface area (Å²) in [4.78, 5) is 30.1. The highest BCUT2D eigenvalue weighted by Crippen LogP contribution is 2.34. The van der Waals surface area contributed by atoms with E-state index in [9.17, 15) is 23.1 Å². The number of hydrogen-bond donors (Lipinski definition) is 2. The molecule has 2 aromatic rings. The van der Waals surface area contributed by atoms with Crippen molar-refractivity contribution in [2.75, 3.05) is 24.6 Å². The number of aromatic nitrogens is 1. The summed E-state index contributed by atoms with van der Waals surface area (Å²) in [6.07, 6.45) is 3.93. The summed E-state index contributed by atoms with van der Waals surface area (Å²) in [6.45, 7) is 6.04. The van der Waals surface area contributed by atoms with Crippen LogP contribution in [0.2, 0.25) is 0 Å². The van der Waals surface area contributed by atoms with E-state index in [1.807, 2.05) is 19.9 Å². The van der Waals surface area contributed by atoms with Crippen LogP contribution in [0.5, 0.6) is 5.75 Å². The molecule has 0 bridgehead atoms. The Bertz CT molecular complexity index is 1280. The lowest BCUT2D eigenvalue weighted by atomic mass is 9.87. The quantitative estimate of drug-likeness (QED) is 0.436. The summed E-state index contributed by atoms with van der Waals surface area (Å²) >= 11 is 0. The van der Waals surface area contributed by atoms with Crippen LogP contribution in [0, 0.1) is 19.8 Å². The molecule has 38 heavy (non-hydrogen) atoms. The van der Waals surface area contributed by atoms with Gasteiger partial charge in [0, 0.05) is 24.7 Å². The average Bonchev–Trinajstić information content (AvgIpc) is 2.85. The van der Waals surface area contributed by atoms with Gasteiger partial charge in [0.2, 0.25) is 10.0 Å². The van der Waals surface area contributed by atoms with Crippen molar-refractivity contribution >= 4 is 27.8 Å². The minimum absolute atomic E-state index is 0.0645. The highest BCUT2D eigenvalue weighted by molar-refractivity contribution is 7.92. The third kappa shape index (κ3) is 7.59. The van der Waals surface area contributed by atoms with Crippen molar-refractivity contribution in [3.8, 4) is 17.0 Å². The first-order valence-corrected chi connectivity index (χ1v) is 14.6. The molecule has 0 spiro atoms. The van der Waals surface area contributed by atoms with Gasteiger partial charge in [-0.3, -0.25) is 9.52 Å². The molecule has 0 aliphatic heterocycles. The summed E-state index contributed by atoms with van der Waals surface area (Å²) in [7, 11) is -1.85. The van der Waals surface area contributed by atoms with E-state index in [0.717, 1.165) is 25.5 Å². The first-order chi connectivity index (χ1) is 17.9. The molecule has 1 heterocycles. The zero-order valence-electron chi connectivity index (χ0n) is 22.6. The van der Waals surface area contributed by atoms with Crippen LogP contribution in [0.15, 0.2) is 24.3 Å². The van der Waals surface area contributed by atoms with E-state index in [2.05, 4.69) is 4.72 Å². The summed E-state index contributed by atoms with van der Waals surface area (Å²) in [5.41, 5.74) is 3.61. The second kappa shape index (κ2) is 12.5. The number of amides is 1. The Morgan fingerprint density at radius 1 is 1.18 bits per heavy atom. The van der Waals surface area contributed by atoms with Gasteiger partial charge in [0.25, 0.3) is 0 Å². The number of nitrogens with zero attached hydrogens (tertiary/aromatic N) is 2. The lowest BCUT2D eigenvalue weighted by Crippen LogP contribution is -2.29. The molecule has 1 aromatic carbocycles. The summed E-state index contributed by atoms with van der Waals surface area (Å²) < 4.78 is 38.0. The molecular formula is C27H37N3O7S. The maximum atomic E-state index is 12.5. The molecule has 1 saturated carbocycles. The Labute approximate surface area is 224 Å². The fourth-order valence-electron chi connectivity index (χ4n) is 4.64. The third-order valence-corrected chi connectivity index (χ3v) is 7.28. The van der Waals surface area contributed by atoms with E-state index < -0.39 is 28.0 Å². The highest BCUT2D eigenvalue weighted by atomic mass is 32.2. The number of anilines is 1. The maximum Gasteiger partial charge on any atom is 0.409 e. The average molecular weight is 548 g/mol.